The van der Waals surface area contributed by atoms with Crippen molar-refractivity contribution in [1.29, 1.82) is 0 Å². The van der Waals surface area contributed by atoms with Crippen molar-refractivity contribution in [2.45, 2.75) is 46.0 Å². The predicted molar refractivity (Wildman–Crippen MR) is 84.0 cm³/mol. The van der Waals surface area contributed by atoms with E-state index >= 15 is 0 Å². The minimum Gasteiger partial charge on any atom is -0.481 e. The van der Waals surface area contributed by atoms with Gasteiger partial charge in [0.05, 0.1) is 10.6 Å². The van der Waals surface area contributed by atoms with Crippen molar-refractivity contribution in [3.8, 4) is 0 Å². The lowest BCUT2D eigenvalue weighted by atomic mass is 10.1. The number of carboxylic acids is 1. The number of unbranched alkanes of at least 4 members (excludes halogenated alkanes) is 3. The maximum atomic E-state index is 12.0. The fourth-order valence-corrected chi connectivity index (χ4v) is 2.31. The summed E-state index contributed by atoms with van der Waals surface area (Å²) < 4.78 is 0. The number of hydrogen-bond acceptors (Lipinski definition) is 2. The quantitative estimate of drug-likeness (QED) is 0.719. The van der Waals surface area contributed by atoms with Gasteiger partial charge in [0.25, 0.3) is 5.91 Å². The summed E-state index contributed by atoms with van der Waals surface area (Å²) in [7, 11) is 0. The van der Waals surface area contributed by atoms with Crippen molar-refractivity contribution in [2.24, 2.45) is 0 Å². The van der Waals surface area contributed by atoms with E-state index < -0.39 is 5.97 Å². The number of benzene rings is 1. The molecule has 0 bridgehead atoms. The maximum Gasteiger partial charge on any atom is 0.303 e. The molecule has 1 amide bonds. The largest absolute Gasteiger partial charge is 0.481 e. The van der Waals surface area contributed by atoms with Crippen LogP contribution in [0.25, 0.3) is 0 Å². The van der Waals surface area contributed by atoms with Gasteiger partial charge in [0.15, 0.2) is 0 Å². The van der Waals surface area contributed by atoms with Gasteiger partial charge >= 0.3 is 5.97 Å². The highest BCUT2D eigenvalue weighted by atomic mass is 35.5. The Bertz CT molecular complexity index is 514. The van der Waals surface area contributed by atoms with Crippen LogP contribution in [-0.4, -0.2) is 23.5 Å². The number of carbonyl (C=O) groups is 2. The molecule has 0 heterocycles. The first-order valence-corrected chi connectivity index (χ1v) is 7.56. The lowest BCUT2D eigenvalue weighted by Gasteiger charge is -2.09. The van der Waals surface area contributed by atoms with Gasteiger partial charge in [-0.25, -0.2) is 0 Å². The monoisotopic (exact) mass is 311 g/mol. The van der Waals surface area contributed by atoms with Crippen LogP contribution in [0, 0.1) is 13.8 Å². The SMILES string of the molecule is Cc1cc(Cl)c(C(=O)NCCCCCCC(=O)O)cc1C. The molecule has 0 fully saturated rings. The molecule has 2 N–H and O–H groups in total. The van der Waals surface area contributed by atoms with Gasteiger partial charge in [-0.2, -0.15) is 0 Å². The molecule has 0 saturated heterocycles. The Labute approximate surface area is 130 Å². The summed E-state index contributed by atoms with van der Waals surface area (Å²) >= 11 is 6.09. The number of carboxylic acid groups (broad SMARTS) is 1. The van der Waals surface area contributed by atoms with Gasteiger partial charge in [-0.05, 0) is 49.9 Å². The highest BCUT2D eigenvalue weighted by molar-refractivity contribution is 6.33. The fraction of sp³-hybridized carbons (Fsp3) is 0.500. The zero-order chi connectivity index (χ0) is 15.8. The Kier molecular flexibility index (Phi) is 7.23. The van der Waals surface area contributed by atoms with E-state index in [9.17, 15) is 9.59 Å². The minimum absolute atomic E-state index is 0.159. The summed E-state index contributed by atoms with van der Waals surface area (Å²) in [4.78, 5) is 22.4. The van der Waals surface area contributed by atoms with Crippen molar-refractivity contribution in [3.05, 3.63) is 33.8 Å². The Morgan fingerprint density at radius 1 is 1.10 bits per heavy atom. The van der Waals surface area contributed by atoms with E-state index in [1.165, 1.54) is 0 Å². The number of rotatable bonds is 8. The fourth-order valence-electron chi connectivity index (χ4n) is 2.01. The van der Waals surface area contributed by atoms with Crippen LogP contribution in [-0.2, 0) is 4.79 Å². The molecule has 0 aliphatic carbocycles. The van der Waals surface area contributed by atoms with E-state index in [1.54, 1.807) is 12.1 Å². The first kappa shape index (κ1) is 17.5. The van der Waals surface area contributed by atoms with Crippen molar-refractivity contribution in [3.63, 3.8) is 0 Å². The molecule has 0 aliphatic rings. The van der Waals surface area contributed by atoms with Crippen LogP contribution in [0.1, 0.15) is 53.6 Å². The molecule has 0 saturated carbocycles. The van der Waals surface area contributed by atoms with Crippen LogP contribution in [0.5, 0.6) is 0 Å². The molecular weight excluding hydrogens is 290 g/mol. The Hall–Kier alpha value is -1.55. The molecule has 0 radical (unpaired) electrons. The molecule has 0 aromatic heterocycles. The molecular formula is C16H22ClNO3. The van der Waals surface area contributed by atoms with Gasteiger partial charge in [0.2, 0.25) is 0 Å². The molecule has 5 heteroatoms. The summed E-state index contributed by atoms with van der Waals surface area (Å²) in [6.45, 7) is 4.49. The van der Waals surface area contributed by atoms with Crippen molar-refractivity contribution in [2.75, 3.05) is 6.54 Å². The zero-order valence-corrected chi connectivity index (χ0v) is 13.3. The molecule has 0 unspecified atom stereocenters. The normalized spacial score (nSPS) is 10.4. The number of carbonyl (C=O) groups excluding carboxylic acids is 1. The minimum atomic E-state index is -0.757. The van der Waals surface area contributed by atoms with Gasteiger partial charge in [-0.1, -0.05) is 24.4 Å². The van der Waals surface area contributed by atoms with Crippen LogP contribution >= 0.6 is 11.6 Å². The maximum absolute atomic E-state index is 12.0. The average molecular weight is 312 g/mol. The third-order valence-electron chi connectivity index (χ3n) is 3.43. The van der Waals surface area contributed by atoms with Crippen molar-refractivity contribution >= 4 is 23.5 Å². The van der Waals surface area contributed by atoms with E-state index in [-0.39, 0.29) is 12.3 Å². The summed E-state index contributed by atoms with van der Waals surface area (Å²) in [5.74, 6) is -0.915. The lowest BCUT2D eigenvalue weighted by Crippen LogP contribution is -2.24. The number of halogens is 1. The molecule has 1 rings (SSSR count). The Morgan fingerprint density at radius 2 is 1.71 bits per heavy atom. The summed E-state index contributed by atoms with van der Waals surface area (Å²) in [5, 5.41) is 11.8. The summed E-state index contributed by atoms with van der Waals surface area (Å²) in [5.41, 5.74) is 2.61. The number of nitrogens with one attached hydrogen (secondary N) is 1. The second kappa shape index (κ2) is 8.67. The lowest BCUT2D eigenvalue weighted by molar-refractivity contribution is -0.137. The first-order chi connectivity index (χ1) is 9.91. The van der Waals surface area contributed by atoms with Crippen molar-refractivity contribution < 1.29 is 14.7 Å². The van der Waals surface area contributed by atoms with Crippen LogP contribution in [0.2, 0.25) is 5.02 Å². The molecule has 0 aliphatic heterocycles. The van der Waals surface area contributed by atoms with Gasteiger partial charge in [0, 0.05) is 13.0 Å². The Balaban J connectivity index is 2.31. The number of hydrogen-bond donors (Lipinski definition) is 2. The molecule has 1 aromatic rings. The summed E-state index contributed by atoms with van der Waals surface area (Å²) in [6, 6.07) is 3.61. The highest BCUT2D eigenvalue weighted by Gasteiger charge is 2.11. The van der Waals surface area contributed by atoms with Crippen LogP contribution < -0.4 is 5.32 Å². The second-order valence-electron chi connectivity index (χ2n) is 5.23. The standard InChI is InChI=1S/C16H22ClNO3/c1-11-9-13(14(17)10-12(11)2)16(21)18-8-6-4-3-5-7-15(19)20/h9-10H,3-8H2,1-2H3,(H,18,21)(H,19,20). The van der Waals surface area contributed by atoms with E-state index in [0.29, 0.717) is 23.6 Å². The van der Waals surface area contributed by atoms with Gasteiger partial charge in [-0.3, -0.25) is 9.59 Å². The number of amides is 1. The second-order valence-corrected chi connectivity index (χ2v) is 5.64. The number of aryl methyl sites for hydroxylation is 2. The third kappa shape index (κ3) is 6.17. The van der Waals surface area contributed by atoms with E-state index in [1.807, 2.05) is 13.8 Å². The van der Waals surface area contributed by atoms with E-state index in [0.717, 1.165) is 30.4 Å². The van der Waals surface area contributed by atoms with Gasteiger partial charge in [0.1, 0.15) is 0 Å². The molecule has 116 valence electrons. The molecule has 21 heavy (non-hydrogen) atoms. The zero-order valence-electron chi connectivity index (χ0n) is 12.5. The third-order valence-corrected chi connectivity index (χ3v) is 3.74. The summed E-state index contributed by atoms with van der Waals surface area (Å²) in [6.07, 6.45) is 3.52. The van der Waals surface area contributed by atoms with E-state index in [2.05, 4.69) is 5.32 Å². The van der Waals surface area contributed by atoms with Crippen molar-refractivity contribution in [1.82, 2.24) is 5.32 Å². The van der Waals surface area contributed by atoms with Gasteiger partial charge < -0.3 is 10.4 Å². The molecule has 4 nitrogen and oxygen atoms in total. The first-order valence-electron chi connectivity index (χ1n) is 7.18. The van der Waals surface area contributed by atoms with E-state index in [4.69, 9.17) is 16.7 Å². The predicted octanol–water partition coefficient (Wildman–Crippen LogP) is 3.72. The van der Waals surface area contributed by atoms with Crippen LogP contribution in [0.15, 0.2) is 12.1 Å². The average Bonchev–Trinajstić information content (AvgIpc) is 2.41. The number of aliphatic carboxylic acids is 1. The highest BCUT2D eigenvalue weighted by Crippen LogP contribution is 2.20. The van der Waals surface area contributed by atoms with Crippen LogP contribution in [0.4, 0.5) is 0 Å². The van der Waals surface area contributed by atoms with Crippen LogP contribution in [0.3, 0.4) is 0 Å². The Morgan fingerprint density at radius 3 is 2.38 bits per heavy atom. The topological polar surface area (TPSA) is 66.4 Å². The molecule has 1 aromatic carbocycles. The van der Waals surface area contributed by atoms with Gasteiger partial charge in [-0.15, -0.1) is 0 Å². The molecule has 0 atom stereocenters. The molecule has 0 spiro atoms. The smallest absolute Gasteiger partial charge is 0.303 e.